The first-order chi connectivity index (χ1) is 8.68. The van der Waals surface area contributed by atoms with Gasteiger partial charge < -0.3 is 14.9 Å². The van der Waals surface area contributed by atoms with Crippen LogP contribution in [0.1, 0.15) is 22.2 Å². The number of halogens is 1. The average Bonchev–Trinajstić information content (AvgIpc) is 2.90. The maximum Gasteiger partial charge on any atom is 0.273 e. The third-order valence-corrected chi connectivity index (χ3v) is 2.73. The lowest BCUT2D eigenvalue weighted by Gasteiger charge is -2.12. The Bertz CT molecular complexity index is 528. The number of benzene rings is 1. The normalized spacial score (nSPS) is 12.1. The molecule has 18 heavy (non-hydrogen) atoms. The quantitative estimate of drug-likeness (QED) is 0.885. The van der Waals surface area contributed by atoms with Crippen molar-refractivity contribution in [2.24, 2.45) is 0 Å². The Labute approximate surface area is 108 Å². The topological polar surface area (TPSA) is 75.4 Å². The molecule has 0 saturated heterocycles. The first-order valence-electron chi connectivity index (χ1n) is 5.29. The fourth-order valence-electron chi connectivity index (χ4n) is 1.46. The van der Waals surface area contributed by atoms with E-state index in [-0.39, 0.29) is 12.2 Å². The van der Waals surface area contributed by atoms with Gasteiger partial charge >= 0.3 is 0 Å². The first kappa shape index (κ1) is 12.6. The molecule has 0 saturated carbocycles. The minimum absolute atomic E-state index is 0.0510. The third-order valence-electron chi connectivity index (χ3n) is 2.39. The van der Waals surface area contributed by atoms with E-state index in [4.69, 9.17) is 11.6 Å². The van der Waals surface area contributed by atoms with Crippen molar-refractivity contribution in [3.8, 4) is 0 Å². The zero-order valence-electron chi connectivity index (χ0n) is 9.34. The predicted molar refractivity (Wildman–Crippen MR) is 65.2 cm³/mol. The molecule has 0 aliphatic rings. The molecule has 1 aromatic carbocycles. The zero-order chi connectivity index (χ0) is 13.0. The SMILES string of the molecule is O=C(NCC(O)c1ccccc1Cl)c1ccon1. The number of hydrogen-bond acceptors (Lipinski definition) is 4. The number of aliphatic hydroxyl groups excluding tert-OH is 1. The fourth-order valence-corrected chi connectivity index (χ4v) is 1.73. The predicted octanol–water partition coefficient (Wildman–Crippen LogP) is 1.79. The van der Waals surface area contributed by atoms with Gasteiger partial charge in [-0.2, -0.15) is 0 Å². The summed E-state index contributed by atoms with van der Waals surface area (Å²) in [6, 6.07) is 8.36. The Morgan fingerprint density at radius 1 is 1.44 bits per heavy atom. The first-order valence-corrected chi connectivity index (χ1v) is 5.67. The minimum Gasteiger partial charge on any atom is -0.387 e. The second kappa shape index (κ2) is 5.66. The Kier molecular flexibility index (Phi) is 3.96. The van der Waals surface area contributed by atoms with Gasteiger partial charge in [-0.25, -0.2) is 0 Å². The van der Waals surface area contributed by atoms with Gasteiger partial charge in [-0.15, -0.1) is 0 Å². The lowest BCUT2D eigenvalue weighted by Crippen LogP contribution is -2.28. The molecule has 0 spiro atoms. The highest BCUT2D eigenvalue weighted by Gasteiger charge is 2.14. The molecule has 1 aromatic heterocycles. The van der Waals surface area contributed by atoms with E-state index in [0.29, 0.717) is 10.6 Å². The van der Waals surface area contributed by atoms with Crippen LogP contribution in [0.3, 0.4) is 0 Å². The number of carbonyl (C=O) groups excluding carboxylic acids is 1. The summed E-state index contributed by atoms with van der Waals surface area (Å²) >= 11 is 5.93. The fraction of sp³-hybridized carbons (Fsp3) is 0.167. The van der Waals surface area contributed by atoms with Crippen LogP contribution in [0, 0.1) is 0 Å². The number of hydrogen-bond donors (Lipinski definition) is 2. The molecule has 0 radical (unpaired) electrons. The molecule has 94 valence electrons. The second-order valence-electron chi connectivity index (χ2n) is 3.63. The van der Waals surface area contributed by atoms with Crippen LogP contribution in [0.4, 0.5) is 0 Å². The smallest absolute Gasteiger partial charge is 0.273 e. The highest BCUT2D eigenvalue weighted by Crippen LogP contribution is 2.21. The number of nitrogens with zero attached hydrogens (tertiary/aromatic N) is 1. The van der Waals surface area contributed by atoms with E-state index in [9.17, 15) is 9.90 Å². The Hall–Kier alpha value is -1.85. The maximum atomic E-state index is 11.5. The molecule has 1 atom stereocenters. The van der Waals surface area contributed by atoms with E-state index >= 15 is 0 Å². The number of aromatic nitrogens is 1. The van der Waals surface area contributed by atoms with Crippen molar-refractivity contribution < 1.29 is 14.4 Å². The van der Waals surface area contributed by atoms with Crippen LogP contribution in [0.25, 0.3) is 0 Å². The molecular weight excluding hydrogens is 256 g/mol. The third kappa shape index (κ3) is 2.88. The molecular formula is C12H11ClN2O3. The summed E-state index contributed by atoms with van der Waals surface area (Å²) in [6.07, 6.45) is 0.439. The van der Waals surface area contributed by atoms with Crippen molar-refractivity contribution in [3.63, 3.8) is 0 Å². The van der Waals surface area contributed by atoms with Crippen molar-refractivity contribution >= 4 is 17.5 Å². The van der Waals surface area contributed by atoms with Crippen molar-refractivity contribution in [3.05, 3.63) is 52.9 Å². The molecule has 0 fully saturated rings. The molecule has 2 aromatic rings. The number of aliphatic hydroxyl groups is 1. The molecule has 0 aliphatic carbocycles. The summed E-state index contributed by atoms with van der Waals surface area (Å²) in [5.41, 5.74) is 0.737. The molecule has 2 rings (SSSR count). The zero-order valence-corrected chi connectivity index (χ0v) is 10.1. The highest BCUT2D eigenvalue weighted by atomic mass is 35.5. The van der Waals surface area contributed by atoms with Crippen molar-refractivity contribution in [2.75, 3.05) is 6.54 Å². The van der Waals surface area contributed by atoms with Gasteiger partial charge in [0.15, 0.2) is 5.69 Å². The Morgan fingerprint density at radius 3 is 2.89 bits per heavy atom. The molecule has 0 aliphatic heterocycles. The monoisotopic (exact) mass is 266 g/mol. The van der Waals surface area contributed by atoms with E-state index in [0.717, 1.165) is 0 Å². The number of nitrogens with one attached hydrogen (secondary N) is 1. The molecule has 6 heteroatoms. The summed E-state index contributed by atoms with van der Waals surface area (Å²) in [6.45, 7) is 0.0510. The molecule has 1 unspecified atom stereocenters. The Balaban J connectivity index is 1.95. The van der Waals surface area contributed by atoms with Crippen LogP contribution in [-0.2, 0) is 0 Å². The van der Waals surface area contributed by atoms with Crippen LogP contribution in [0.15, 0.2) is 41.1 Å². The van der Waals surface area contributed by atoms with Gasteiger partial charge in [0.2, 0.25) is 0 Å². The molecule has 1 heterocycles. The summed E-state index contributed by atoms with van der Waals surface area (Å²) in [5, 5.41) is 16.4. The van der Waals surface area contributed by atoms with Crippen LogP contribution in [0.5, 0.6) is 0 Å². The van der Waals surface area contributed by atoms with Gasteiger partial charge in [-0.05, 0) is 6.07 Å². The highest BCUT2D eigenvalue weighted by molar-refractivity contribution is 6.31. The van der Waals surface area contributed by atoms with Gasteiger partial charge in [0.1, 0.15) is 6.26 Å². The van der Waals surface area contributed by atoms with Gasteiger partial charge in [0.05, 0.1) is 6.10 Å². The van der Waals surface area contributed by atoms with E-state index in [1.54, 1.807) is 24.3 Å². The molecule has 0 bridgehead atoms. The van der Waals surface area contributed by atoms with Gasteiger partial charge in [-0.1, -0.05) is 35.0 Å². The van der Waals surface area contributed by atoms with Gasteiger partial charge in [0, 0.05) is 23.2 Å². The number of carbonyl (C=O) groups is 1. The van der Waals surface area contributed by atoms with E-state index in [1.165, 1.54) is 12.3 Å². The lowest BCUT2D eigenvalue weighted by atomic mass is 10.1. The lowest BCUT2D eigenvalue weighted by molar-refractivity contribution is 0.0907. The van der Waals surface area contributed by atoms with Crippen molar-refractivity contribution in [1.29, 1.82) is 0 Å². The van der Waals surface area contributed by atoms with E-state index in [2.05, 4.69) is 15.0 Å². The molecule has 5 nitrogen and oxygen atoms in total. The standard InChI is InChI=1S/C12H11ClN2O3/c13-9-4-2-1-3-8(9)11(16)7-14-12(17)10-5-6-18-15-10/h1-6,11,16H,7H2,(H,14,17). The summed E-state index contributed by atoms with van der Waals surface area (Å²) in [4.78, 5) is 11.5. The largest absolute Gasteiger partial charge is 0.387 e. The summed E-state index contributed by atoms with van der Waals surface area (Å²) < 4.78 is 4.55. The molecule has 2 N–H and O–H groups in total. The van der Waals surface area contributed by atoms with Crippen LogP contribution >= 0.6 is 11.6 Å². The average molecular weight is 267 g/mol. The van der Waals surface area contributed by atoms with Crippen LogP contribution in [0.2, 0.25) is 5.02 Å². The van der Waals surface area contributed by atoms with Gasteiger partial charge in [0.25, 0.3) is 5.91 Å². The van der Waals surface area contributed by atoms with E-state index in [1.807, 2.05) is 0 Å². The van der Waals surface area contributed by atoms with E-state index < -0.39 is 12.0 Å². The number of amides is 1. The maximum absolute atomic E-state index is 11.5. The number of rotatable bonds is 4. The minimum atomic E-state index is -0.866. The van der Waals surface area contributed by atoms with Gasteiger partial charge in [-0.3, -0.25) is 4.79 Å². The van der Waals surface area contributed by atoms with Crippen LogP contribution < -0.4 is 5.32 Å². The van der Waals surface area contributed by atoms with Crippen molar-refractivity contribution in [1.82, 2.24) is 10.5 Å². The van der Waals surface area contributed by atoms with Crippen molar-refractivity contribution in [2.45, 2.75) is 6.10 Å². The Morgan fingerprint density at radius 2 is 2.22 bits per heavy atom. The summed E-state index contributed by atoms with van der Waals surface area (Å²) in [7, 11) is 0. The summed E-state index contributed by atoms with van der Waals surface area (Å²) in [5.74, 6) is -0.408. The van der Waals surface area contributed by atoms with Crippen LogP contribution in [-0.4, -0.2) is 22.7 Å². The second-order valence-corrected chi connectivity index (χ2v) is 4.04. The molecule has 1 amide bonds.